The zero-order chi connectivity index (χ0) is 7.45. The second-order valence-corrected chi connectivity index (χ2v) is 3.03. The van der Waals surface area contributed by atoms with Crippen molar-refractivity contribution in [3.63, 3.8) is 0 Å². The maximum Gasteiger partial charge on any atom is 0.0782 e. The SMILES string of the molecule is NCC1(O)CCCNCC1. The summed E-state index contributed by atoms with van der Waals surface area (Å²) in [5, 5.41) is 12.9. The molecule has 1 fully saturated rings. The van der Waals surface area contributed by atoms with Crippen LogP contribution in [0.5, 0.6) is 0 Å². The second-order valence-electron chi connectivity index (χ2n) is 3.03. The summed E-state index contributed by atoms with van der Waals surface area (Å²) in [7, 11) is 0. The number of nitrogens with one attached hydrogen (secondary N) is 1. The molecule has 60 valence electrons. The van der Waals surface area contributed by atoms with E-state index in [1.807, 2.05) is 0 Å². The first-order valence-corrected chi connectivity index (χ1v) is 3.90. The Labute approximate surface area is 61.6 Å². The minimum absolute atomic E-state index is 0.397. The van der Waals surface area contributed by atoms with E-state index in [4.69, 9.17) is 5.73 Å². The predicted octanol–water partition coefficient (Wildman–Crippen LogP) is -0.550. The van der Waals surface area contributed by atoms with E-state index in [-0.39, 0.29) is 0 Å². The van der Waals surface area contributed by atoms with E-state index in [1.165, 1.54) is 0 Å². The van der Waals surface area contributed by atoms with Gasteiger partial charge in [0.05, 0.1) is 5.60 Å². The third kappa shape index (κ3) is 1.94. The lowest BCUT2D eigenvalue weighted by Gasteiger charge is -2.23. The van der Waals surface area contributed by atoms with Gasteiger partial charge in [0.25, 0.3) is 0 Å². The molecule has 1 aliphatic heterocycles. The van der Waals surface area contributed by atoms with Crippen molar-refractivity contribution in [2.24, 2.45) is 5.73 Å². The Bertz CT molecular complexity index is 97.8. The maximum absolute atomic E-state index is 9.70. The number of hydrogen-bond acceptors (Lipinski definition) is 3. The zero-order valence-corrected chi connectivity index (χ0v) is 6.27. The lowest BCUT2D eigenvalue weighted by molar-refractivity contribution is 0.0371. The van der Waals surface area contributed by atoms with Gasteiger partial charge in [0.1, 0.15) is 0 Å². The highest BCUT2D eigenvalue weighted by Gasteiger charge is 2.25. The highest BCUT2D eigenvalue weighted by atomic mass is 16.3. The van der Waals surface area contributed by atoms with Gasteiger partial charge in [-0.1, -0.05) is 0 Å². The molecule has 0 aromatic carbocycles. The van der Waals surface area contributed by atoms with Gasteiger partial charge in [-0.3, -0.25) is 0 Å². The van der Waals surface area contributed by atoms with Crippen LogP contribution in [0.2, 0.25) is 0 Å². The van der Waals surface area contributed by atoms with Crippen LogP contribution < -0.4 is 11.1 Å². The van der Waals surface area contributed by atoms with Crippen molar-refractivity contribution in [2.75, 3.05) is 19.6 Å². The van der Waals surface area contributed by atoms with E-state index in [0.29, 0.717) is 6.54 Å². The Morgan fingerprint density at radius 2 is 2.20 bits per heavy atom. The number of rotatable bonds is 1. The van der Waals surface area contributed by atoms with Gasteiger partial charge in [-0.15, -0.1) is 0 Å². The topological polar surface area (TPSA) is 58.3 Å². The molecule has 4 N–H and O–H groups in total. The Hall–Kier alpha value is -0.120. The molecule has 3 heteroatoms. The van der Waals surface area contributed by atoms with Crippen molar-refractivity contribution in [3.8, 4) is 0 Å². The summed E-state index contributed by atoms with van der Waals surface area (Å²) in [5.41, 5.74) is 4.85. The van der Waals surface area contributed by atoms with Crippen LogP contribution in [-0.2, 0) is 0 Å². The lowest BCUT2D eigenvalue weighted by atomic mass is 9.95. The van der Waals surface area contributed by atoms with E-state index >= 15 is 0 Å². The summed E-state index contributed by atoms with van der Waals surface area (Å²) < 4.78 is 0. The molecule has 0 aromatic rings. The second kappa shape index (κ2) is 3.32. The predicted molar refractivity (Wildman–Crippen MR) is 40.7 cm³/mol. The van der Waals surface area contributed by atoms with Crippen molar-refractivity contribution < 1.29 is 5.11 Å². The molecule has 0 radical (unpaired) electrons. The minimum Gasteiger partial charge on any atom is -0.389 e. The van der Waals surface area contributed by atoms with Crippen molar-refractivity contribution >= 4 is 0 Å². The largest absolute Gasteiger partial charge is 0.389 e. The van der Waals surface area contributed by atoms with Gasteiger partial charge >= 0.3 is 0 Å². The fourth-order valence-electron chi connectivity index (χ4n) is 1.32. The Morgan fingerprint density at radius 3 is 2.90 bits per heavy atom. The quantitative estimate of drug-likeness (QED) is 0.463. The number of aliphatic hydroxyl groups is 1. The third-order valence-corrected chi connectivity index (χ3v) is 2.14. The van der Waals surface area contributed by atoms with Crippen molar-refractivity contribution in [1.82, 2.24) is 5.32 Å². The molecule has 1 saturated heterocycles. The normalized spacial score (nSPS) is 35.4. The molecular weight excluding hydrogens is 128 g/mol. The molecule has 3 nitrogen and oxygen atoms in total. The monoisotopic (exact) mass is 144 g/mol. The number of hydrogen-bond donors (Lipinski definition) is 3. The van der Waals surface area contributed by atoms with Crippen LogP contribution in [0.25, 0.3) is 0 Å². The molecule has 0 saturated carbocycles. The van der Waals surface area contributed by atoms with E-state index in [2.05, 4.69) is 5.32 Å². The molecule has 10 heavy (non-hydrogen) atoms. The van der Waals surface area contributed by atoms with E-state index < -0.39 is 5.60 Å². The Kier molecular flexibility index (Phi) is 2.65. The molecule has 0 aromatic heterocycles. The first kappa shape index (κ1) is 7.98. The van der Waals surface area contributed by atoms with Gasteiger partial charge in [-0.2, -0.15) is 0 Å². The summed E-state index contributed by atoms with van der Waals surface area (Å²) in [4.78, 5) is 0. The van der Waals surface area contributed by atoms with Crippen LogP contribution in [-0.4, -0.2) is 30.3 Å². The molecular formula is C7H16N2O. The van der Waals surface area contributed by atoms with Crippen LogP contribution in [0.3, 0.4) is 0 Å². The smallest absolute Gasteiger partial charge is 0.0782 e. The summed E-state index contributed by atoms with van der Waals surface area (Å²) in [6.45, 7) is 2.31. The molecule has 1 unspecified atom stereocenters. The van der Waals surface area contributed by atoms with E-state index in [0.717, 1.165) is 32.4 Å². The molecule has 1 aliphatic rings. The molecule has 0 bridgehead atoms. The third-order valence-electron chi connectivity index (χ3n) is 2.14. The van der Waals surface area contributed by atoms with Gasteiger partial charge < -0.3 is 16.2 Å². The summed E-state index contributed by atoms with van der Waals surface area (Å²) in [6, 6.07) is 0. The molecule has 0 aliphatic carbocycles. The van der Waals surface area contributed by atoms with E-state index in [9.17, 15) is 5.11 Å². The van der Waals surface area contributed by atoms with Crippen LogP contribution in [0.4, 0.5) is 0 Å². The molecule has 0 spiro atoms. The highest BCUT2D eigenvalue weighted by Crippen LogP contribution is 2.16. The molecule has 0 amide bonds. The summed E-state index contributed by atoms with van der Waals surface area (Å²) in [6.07, 6.45) is 2.67. The van der Waals surface area contributed by atoms with Crippen LogP contribution in [0, 0.1) is 0 Å². The van der Waals surface area contributed by atoms with Gasteiger partial charge in [0, 0.05) is 6.54 Å². The van der Waals surface area contributed by atoms with Crippen LogP contribution in [0.1, 0.15) is 19.3 Å². The van der Waals surface area contributed by atoms with Crippen molar-refractivity contribution in [1.29, 1.82) is 0 Å². The molecule has 1 atom stereocenters. The van der Waals surface area contributed by atoms with Crippen LogP contribution >= 0.6 is 0 Å². The number of nitrogens with two attached hydrogens (primary N) is 1. The average molecular weight is 144 g/mol. The van der Waals surface area contributed by atoms with Crippen molar-refractivity contribution in [3.05, 3.63) is 0 Å². The first-order valence-electron chi connectivity index (χ1n) is 3.90. The highest BCUT2D eigenvalue weighted by molar-refractivity contribution is 4.82. The van der Waals surface area contributed by atoms with Gasteiger partial charge in [-0.25, -0.2) is 0 Å². The maximum atomic E-state index is 9.70. The van der Waals surface area contributed by atoms with Crippen molar-refractivity contribution in [2.45, 2.75) is 24.9 Å². The zero-order valence-electron chi connectivity index (χ0n) is 6.27. The fraction of sp³-hybridized carbons (Fsp3) is 1.00. The fourth-order valence-corrected chi connectivity index (χ4v) is 1.32. The summed E-state index contributed by atoms with van der Waals surface area (Å²) >= 11 is 0. The van der Waals surface area contributed by atoms with Crippen LogP contribution in [0.15, 0.2) is 0 Å². The Balaban J connectivity index is 2.41. The Morgan fingerprint density at radius 1 is 1.40 bits per heavy atom. The minimum atomic E-state index is -0.580. The standard InChI is InChI=1S/C7H16N2O/c8-6-7(10)2-1-4-9-5-3-7/h9-10H,1-6,8H2. The molecule has 1 heterocycles. The molecule has 1 rings (SSSR count). The average Bonchev–Trinajstić information content (AvgIpc) is 2.15. The van der Waals surface area contributed by atoms with Gasteiger partial charge in [0.15, 0.2) is 0 Å². The summed E-state index contributed by atoms with van der Waals surface area (Å²) in [5.74, 6) is 0. The van der Waals surface area contributed by atoms with E-state index in [1.54, 1.807) is 0 Å². The van der Waals surface area contributed by atoms with Gasteiger partial charge in [0.2, 0.25) is 0 Å². The first-order chi connectivity index (χ1) is 4.77. The van der Waals surface area contributed by atoms with Gasteiger partial charge in [-0.05, 0) is 32.4 Å². The lowest BCUT2D eigenvalue weighted by Crippen LogP contribution is -2.38.